The Bertz CT molecular complexity index is 519. The molecule has 0 amide bonds. The van der Waals surface area contributed by atoms with Crippen LogP contribution < -0.4 is 5.32 Å². The fourth-order valence-corrected chi connectivity index (χ4v) is 2.26. The van der Waals surface area contributed by atoms with Crippen LogP contribution in [0.25, 0.3) is 5.69 Å². The molecule has 90 valence electrons. The number of aromatic nitrogens is 2. The molecule has 4 heteroatoms. The number of rotatable bonds is 3. The molecule has 1 unspecified atom stereocenters. The first-order valence-corrected chi connectivity index (χ1v) is 6.40. The van der Waals surface area contributed by atoms with E-state index in [9.17, 15) is 0 Å². The third-order valence-corrected chi connectivity index (χ3v) is 3.47. The van der Waals surface area contributed by atoms with Crippen LogP contribution in [0.5, 0.6) is 0 Å². The van der Waals surface area contributed by atoms with E-state index in [0.29, 0.717) is 6.04 Å². The summed E-state index contributed by atoms with van der Waals surface area (Å²) in [6.45, 7) is 4.16. The van der Waals surface area contributed by atoms with Crippen LogP contribution in [0.3, 0.4) is 0 Å². The molecule has 0 bridgehead atoms. The van der Waals surface area contributed by atoms with E-state index >= 15 is 0 Å². The van der Waals surface area contributed by atoms with Gasteiger partial charge in [-0.25, -0.2) is 4.98 Å². The van der Waals surface area contributed by atoms with Gasteiger partial charge in [-0.1, -0.05) is 15.9 Å². The van der Waals surface area contributed by atoms with Gasteiger partial charge in [0.25, 0.3) is 0 Å². The van der Waals surface area contributed by atoms with Crippen LogP contribution in [0.4, 0.5) is 0 Å². The number of imidazole rings is 1. The van der Waals surface area contributed by atoms with Crippen molar-refractivity contribution in [3.8, 4) is 5.69 Å². The summed E-state index contributed by atoms with van der Waals surface area (Å²) in [6, 6.07) is 6.61. The van der Waals surface area contributed by atoms with E-state index < -0.39 is 0 Å². The lowest BCUT2D eigenvalue weighted by atomic mass is 10.1. The van der Waals surface area contributed by atoms with E-state index in [1.807, 2.05) is 26.4 Å². The molecule has 0 aliphatic rings. The van der Waals surface area contributed by atoms with E-state index in [0.717, 1.165) is 10.3 Å². The fraction of sp³-hybridized carbons (Fsp3) is 0.308. The highest BCUT2D eigenvalue weighted by Gasteiger charge is 2.12. The second-order valence-electron chi connectivity index (χ2n) is 4.06. The summed E-state index contributed by atoms with van der Waals surface area (Å²) < 4.78 is 3.20. The number of hydrogen-bond acceptors (Lipinski definition) is 2. The summed E-state index contributed by atoms with van der Waals surface area (Å²) in [7, 11) is 1.97. The van der Waals surface area contributed by atoms with Crippen molar-refractivity contribution in [3.05, 3.63) is 46.5 Å². The Morgan fingerprint density at radius 2 is 2.18 bits per heavy atom. The zero-order valence-corrected chi connectivity index (χ0v) is 11.8. The lowest BCUT2D eigenvalue weighted by molar-refractivity contribution is 0.647. The number of halogens is 1. The van der Waals surface area contributed by atoms with E-state index in [-0.39, 0.29) is 0 Å². The highest BCUT2D eigenvalue weighted by Crippen LogP contribution is 2.26. The standard InChI is InChI=1S/C13H16BrN3/c1-9(15-3)12-8-11(14)4-5-13(12)17-7-6-16-10(17)2/h4-9,15H,1-3H3. The van der Waals surface area contributed by atoms with Crippen LogP contribution in [-0.2, 0) is 0 Å². The van der Waals surface area contributed by atoms with Gasteiger partial charge in [-0.2, -0.15) is 0 Å². The average molecular weight is 294 g/mol. The average Bonchev–Trinajstić information content (AvgIpc) is 2.74. The van der Waals surface area contributed by atoms with Gasteiger partial charge in [0.1, 0.15) is 5.82 Å². The van der Waals surface area contributed by atoms with E-state index in [1.54, 1.807) is 0 Å². The number of hydrogen-bond donors (Lipinski definition) is 1. The molecule has 1 aromatic heterocycles. The van der Waals surface area contributed by atoms with Gasteiger partial charge >= 0.3 is 0 Å². The minimum atomic E-state index is 0.296. The van der Waals surface area contributed by atoms with Crippen molar-refractivity contribution in [3.63, 3.8) is 0 Å². The third kappa shape index (κ3) is 2.42. The summed E-state index contributed by atoms with van der Waals surface area (Å²) in [5.41, 5.74) is 2.42. The Morgan fingerprint density at radius 3 is 2.76 bits per heavy atom. The minimum absolute atomic E-state index is 0.296. The number of nitrogens with one attached hydrogen (secondary N) is 1. The second-order valence-corrected chi connectivity index (χ2v) is 4.97. The molecule has 0 spiro atoms. The molecule has 2 aromatic rings. The molecule has 0 fully saturated rings. The van der Waals surface area contributed by atoms with Crippen LogP contribution in [0, 0.1) is 6.92 Å². The molecular weight excluding hydrogens is 278 g/mol. The van der Waals surface area contributed by atoms with Gasteiger partial charge in [-0.3, -0.25) is 0 Å². The maximum Gasteiger partial charge on any atom is 0.110 e. The first-order chi connectivity index (χ1) is 8.13. The molecule has 1 atom stereocenters. The largest absolute Gasteiger partial charge is 0.313 e. The summed E-state index contributed by atoms with van der Waals surface area (Å²) in [6.07, 6.45) is 3.82. The van der Waals surface area contributed by atoms with Gasteiger partial charge in [0.05, 0.1) is 5.69 Å². The van der Waals surface area contributed by atoms with Gasteiger partial charge < -0.3 is 9.88 Å². The lowest BCUT2D eigenvalue weighted by Crippen LogP contribution is -2.15. The molecule has 0 aliphatic carbocycles. The van der Waals surface area contributed by atoms with Crippen LogP contribution in [0.1, 0.15) is 24.4 Å². The molecule has 1 N–H and O–H groups in total. The highest BCUT2D eigenvalue weighted by molar-refractivity contribution is 9.10. The van der Waals surface area contributed by atoms with Gasteiger partial charge in [-0.05, 0) is 44.7 Å². The second kappa shape index (κ2) is 5.02. The maximum absolute atomic E-state index is 4.27. The van der Waals surface area contributed by atoms with Crippen molar-refractivity contribution in [2.24, 2.45) is 0 Å². The number of aryl methyl sites for hydroxylation is 1. The summed E-state index contributed by atoms with van der Waals surface area (Å²) >= 11 is 3.52. The Balaban J connectivity index is 2.57. The molecule has 17 heavy (non-hydrogen) atoms. The predicted molar refractivity (Wildman–Crippen MR) is 73.5 cm³/mol. The van der Waals surface area contributed by atoms with Gasteiger partial charge in [-0.15, -0.1) is 0 Å². The van der Waals surface area contributed by atoms with Crippen LogP contribution in [0.15, 0.2) is 35.1 Å². The Labute approximate surface area is 110 Å². The molecule has 2 rings (SSSR count). The molecule has 3 nitrogen and oxygen atoms in total. The van der Waals surface area contributed by atoms with Crippen molar-refractivity contribution in [1.82, 2.24) is 14.9 Å². The fourth-order valence-electron chi connectivity index (χ4n) is 1.88. The summed E-state index contributed by atoms with van der Waals surface area (Å²) in [4.78, 5) is 4.27. The zero-order chi connectivity index (χ0) is 12.4. The smallest absolute Gasteiger partial charge is 0.110 e. The zero-order valence-electron chi connectivity index (χ0n) is 10.2. The lowest BCUT2D eigenvalue weighted by Gasteiger charge is -2.17. The van der Waals surface area contributed by atoms with Gasteiger partial charge in [0.15, 0.2) is 0 Å². The number of benzene rings is 1. The molecule has 0 radical (unpaired) electrons. The molecule has 0 saturated heterocycles. The molecule has 0 aliphatic heterocycles. The normalized spacial score (nSPS) is 12.7. The topological polar surface area (TPSA) is 29.9 Å². The Morgan fingerprint density at radius 1 is 1.41 bits per heavy atom. The minimum Gasteiger partial charge on any atom is -0.313 e. The highest BCUT2D eigenvalue weighted by atomic mass is 79.9. The Kier molecular flexibility index (Phi) is 3.64. The van der Waals surface area contributed by atoms with E-state index in [4.69, 9.17) is 0 Å². The molecule has 1 aromatic carbocycles. The summed E-state index contributed by atoms with van der Waals surface area (Å²) in [5.74, 6) is 0.997. The monoisotopic (exact) mass is 293 g/mol. The van der Waals surface area contributed by atoms with Crippen molar-refractivity contribution < 1.29 is 0 Å². The van der Waals surface area contributed by atoms with Crippen molar-refractivity contribution in [1.29, 1.82) is 0 Å². The third-order valence-electron chi connectivity index (χ3n) is 2.97. The van der Waals surface area contributed by atoms with Crippen LogP contribution in [0.2, 0.25) is 0 Å². The predicted octanol–water partition coefficient (Wildman–Crippen LogP) is 3.22. The van der Waals surface area contributed by atoms with Crippen molar-refractivity contribution in [2.75, 3.05) is 7.05 Å². The van der Waals surface area contributed by atoms with Crippen LogP contribution >= 0.6 is 15.9 Å². The first kappa shape index (κ1) is 12.3. The van der Waals surface area contributed by atoms with Crippen molar-refractivity contribution >= 4 is 15.9 Å². The van der Waals surface area contributed by atoms with Gasteiger partial charge in [0.2, 0.25) is 0 Å². The van der Waals surface area contributed by atoms with E-state index in [1.165, 1.54) is 11.3 Å². The first-order valence-electron chi connectivity index (χ1n) is 5.60. The SMILES string of the molecule is CNC(C)c1cc(Br)ccc1-n1ccnc1C. The van der Waals surface area contributed by atoms with Gasteiger partial charge in [0, 0.05) is 22.9 Å². The molecule has 1 heterocycles. The molecular formula is C13H16BrN3. The summed E-state index contributed by atoms with van der Waals surface area (Å²) in [5, 5.41) is 3.28. The maximum atomic E-state index is 4.27. The van der Waals surface area contributed by atoms with E-state index in [2.05, 4.69) is 55.9 Å². The van der Waals surface area contributed by atoms with Crippen LogP contribution in [-0.4, -0.2) is 16.6 Å². The Hall–Kier alpha value is -1.13. The molecule has 0 saturated carbocycles. The number of nitrogens with zero attached hydrogens (tertiary/aromatic N) is 2. The van der Waals surface area contributed by atoms with Crippen molar-refractivity contribution in [2.45, 2.75) is 19.9 Å². The quantitative estimate of drug-likeness (QED) is 0.942.